The third kappa shape index (κ3) is 3.28. The van der Waals surface area contributed by atoms with Gasteiger partial charge in [0.2, 0.25) is 5.79 Å². The predicted molar refractivity (Wildman–Crippen MR) is 68.8 cm³/mol. The van der Waals surface area contributed by atoms with Crippen molar-refractivity contribution in [3.05, 3.63) is 0 Å². The summed E-state index contributed by atoms with van der Waals surface area (Å²) in [7, 11) is -1.76. The maximum atomic E-state index is 11.8. The lowest BCUT2D eigenvalue weighted by Crippen LogP contribution is -2.56. The van der Waals surface area contributed by atoms with E-state index < -0.39 is 19.6 Å². The van der Waals surface area contributed by atoms with Crippen LogP contribution in [-0.2, 0) is 23.3 Å². The van der Waals surface area contributed by atoms with Crippen LogP contribution in [0.5, 0.6) is 0 Å². The molecule has 0 N–H and O–H groups in total. The van der Waals surface area contributed by atoms with Crippen LogP contribution in [0.2, 0.25) is 0 Å². The van der Waals surface area contributed by atoms with Crippen LogP contribution in [0, 0.1) is 0 Å². The molecule has 1 fully saturated rings. The van der Waals surface area contributed by atoms with Crippen molar-refractivity contribution >= 4 is 8.03 Å². The van der Waals surface area contributed by atoms with Gasteiger partial charge in [-0.15, -0.1) is 4.52 Å². The van der Waals surface area contributed by atoms with E-state index in [4.69, 9.17) is 18.7 Å². The highest BCUT2D eigenvalue weighted by Crippen LogP contribution is 2.46. The summed E-state index contributed by atoms with van der Waals surface area (Å²) in [6, 6.07) is 0. The molecular formula is C12H24O5P+. The van der Waals surface area contributed by atoms with E-state index >= 15 is 0 Å². The van der Waals surface area contributed by atoms with Gasteiger partial charge in [-0.05, 0) is 38.7 Å². The lowest BCUT2D eigenvalue weighted by atomic mass is 10.0. The third-order valence-electron chi connectivity index (χ3n) is 3.02. The quantitative estimate of drug-likeness (QED) is 0.505. The Balaban J connectivity index is 2.95. The SMILES string of the molecule is CCOC(C)(OCC)C1(O[P+](=O)CC)CCCO1. The van der Waals surface area contributed by atoms with Crippen LogP contribution in [0.4, 0.5) is 0 Å². The van der Waals surface area contributed by atoms with Crippen LogP contribution < -0.4 is 0 Å². The van der Waals surface area contributed by atoms with Gasteiger partial charge >= 0.3 is 8.03 Å². The zero-order chi connectivity index (χ0) is 13.6. The summed E-state index contributed by atoms with van der Waals surface area (Å²) in [5.74, 6) is -2.07. The number of ether oxygens (including phenoxy) is 3. The van der Waals surface area contributed by atoms with Gasteiger partial charge in [-0.3, -0.25) is 0 Å². The fourth-order valence-corrected chi connectivity index (χ4v) is 2.94. The highest BCUT2D eigenvalue weighted by molar-refractivity contribution is 7.39. The monoisotopic (exact) mass is 279 g/mol. The van der Waals surface area contributed by atoms with Gasteiger partial charge in [0.05, 0.1) is 6.61 Å². The van der Waals surface area contributed by atoms with Crippen LogP contribution in [0.1, 0.15) is 40.5 Å². The molecule has 0 saturated carbocycles. The van der Waals surface area contributed by atoms with Gasteiger partial charge in [0.1, 0.15) is 0 Å². The van der Waals surface area contributed by atoms with Crippen LogP contribution >= 0.6 is 8.03 Å². The summed E-state index contributed by atoms with van der Waals surface area (Å²) in [4.78, 5) is 0. The average molecular weight is 279 g/mol. The minimum absolute atomic E-state index is 0.453. The van der Waals surface area contributed by atoms with Gasteiger partial charge in [-0.2, -0.15) is 0 Å². The van der Waals surface area contributed by atoms with E-state index in [-0.39, 0.29) is 0 Å². The van der Waals surface area contributed by atoms with Gasteiger partial charge in [-0.1, -0.05) is 0 Å². The summed E-state index contributed by atoms with van der Waals surface area (Å²) in [6.45, 7) is 8.92. The lowest BCUT2D eigenvalue weighted by Gasteiger charge is -2.40. The molecule has 1 aliphatic heterocycles. The molecule has 0 spiro atoms. The van der Waals surface area contributed by atoms with Crippen molar-refractivity contribution in [2.75, 3.05) is 26.0 Å². The average Bonchev–Trinajstić information content (AvgIpc) is 2.79. The van der Waals surface area contributed by atoms with Crippen molar-refractivity contribution in [3.8, 4) is 0 Å². The first-order valence-electron chi connectivity index (χ1n) is 6.59. The van der Waals surface area contributed by atoms with E-state index in [9.17, 15) is 4.57 Å². The maximum Gasteiger partial charge on any atom is 0.510 e. The first kappa shape index (κ1) is 16.0. The molecular weight excluding hydrogens is 255 g/mol. The zero-order valence-corrected chi connectivity index (χ0v) is 12.6. The maximum absolute atomic E-state index is 11.8. The van der Waals surface area contributed by atoms with Gasteiger partial charge in [0, 0.05) is 19.6 Å². The van der Waals surface area contributed by atoms with Crippen molar-refractivity contribution in [1.29, 1.82) is 0 Å². The Morgan fingerprint density at radius 2 is 1.89 bits per heavy atom. The van der Waals surface area contributed by atoms with Crippen molar-refractivity contribution < 1.29 is 23.3 Å². The molecule has 106 valence electrons. The number of rotatable bonds is 8. The van der Waals surface area contributed by atoms with Crippen molar-refractivity contribution in [2.24, 2.45) is 0 Å². The highest BCUT2D eigenvalue weighted by Gasteiger charge is 2.60. The van der Waals surface area contributed by atoms with Crippen LogP contribution in [-0.4, -0.2) is 37.6 Å². The van der Waals surface area contributed by atoms with Gasteiger partial charge in [0.25, 0.3) is 5.79 Å². The highest BCUT2D eigenvalue weighted by atomic mass is 31.1. The Labute approximate surface area is 110 Å². The zero-order valence-electron chi connectivity index (χ0n) is 11.7. The van der Waals surface area contributed by atoms with E-state index in [0.717, 1.165) is 6.42 Å². The van der Waals surface area contributed by atoms with E-state index in [2.05, 4.69) is 0 Å². The molecule has 0 aromatic heterocycles. The molecule has 5 nitrogen and oxygen atoms in total. The van der Waals surface area contributed by atoms with E-state index in [1.165, 1.54) is 0 Å². The molecule has 1 aliphatic rings. The molecule has 0 aliphatic carbocycles. The van der Waals surface area contributed by atoms with Crippen molar-refractivity contribution in [3.63, 3.8) is 0 Å². The smallest absolute Gasteiger partial charge is 0.346 e. The Hall–Kier alpha value is -0.0600. The molecule has 18 heavy (non-hydrogen) atoms. The predicted octanol–water partition coefficient (Wildman–Crippen LogP) is 3.06. The minimum Gasteiger partial charge on any atom is -0.346 e. The lowest BCUT2D eigenvalue weighted by molar-refractivity contribution is -0.365. The van der Waals surface area contributed by atoms with Crippen molar-refractivity contribution in [2.45, 2.75) is 52.1 Å². The molecule has 1 rings (SSSR count). The molecule has 0 bridgehead atoms. The minimum atomic E-state index is -1.76. The Morgan fingerprint density at radius 1 is 1.28 bits per heavy atom. The molecule has 1 saturated heterocycles. The second-order valence-corrected chi connectivity index (χ2v) is 5.74. The topological polar surface area (TPSA) is 54.0 Å². The molecule has 2 atom stereocenters. The molecule has 0 aromatic rings. The van der Waals surface area contributed by atoms with Crippen LogP contribution in [0.3, 0.4) is 0 Å². The van der Waals surface area contributed by atoms with Crippen LogP contribution in [0.15, 0.2) is 0 Å². The van der Waals surface area contributed by atoms with E-state index in [1.54, 1.807) is 6.92 Å². The summed E-state index contributed by atoms with van der Waals surface area (Å²) < 4.78 is 34.5. The molecule has 0 aromatic carbocycles. The third-order valence-corrected chi connectivity index (χ3v) is 4.04. The largest absolute Gasteiger partial charge is 0.510 e. The van der Waals surface area contributed by atoms with E-state index in [0.29, 0.717) is 32.4 Å². The normalized spacial score (nSPS) is 25.4. The Bertz CT molecular complexity index is 270. The number of hydrogen-bond donors (Lipinski definition) is 0. The second-order valence-electron chi connectivity index (χ2n) is 4.26. The second kappa shape index (κ2) is 6.92. The first-order valence-corrected chi connectivity index (χ1v) is 7.95. The molecule has 2 unspecified atom stereocenters. The molecule has 0 amide bonds. The Morgan fingerprint density at radius 3 is 2.28 bits per heavy atom. The molecule has 0 radical (unpaired) electrons. The van der Waals surface area contributed by atoms with Gasteiger partial charge in [0.15, 0.2) is 6.16 Å². The van der Waals surface area contributed by atoms with Crippen molar-refractivity contribution in [1.82, 2.24) is 0 Å². The summed E-state index contributed by atoms with van der Waals surface area (Å²) in [6.07, 6.45) is 1.93. The number of hydrogen-bond acceptors (Lipinski definition) is 5. The fourth-order valence-electron chi connectivity index (χ4n) is 2.17. The van der Waals surface area contributed by atoms with Gasteiger partial charge < -0.3 is 14.2 Å². The Kier molecular flexibility index (Phi) is 6.15. The summed E-state index contributed by atoms with van der Waals surface area (Å²) in [5, 5.41) is 0. The van der Waals surface area contributed by atoms with E-state index in [1.807, 2.05) is 20.8 Å². The van der Waals surface area contributed by atoms with Gasteiger partial charge in [-0.25, -0.2) is 0 Å². The summed E-state index contributed by atoms with van der Waals surface area (Å²) >= 11 is 0. The summed E-state index contributed by atoms with van der Waals surface area (Å²) in [5.41, 5.74) is 0. The molecule has 1 heterocycles. The first-order chi connectivity index (χ1) is 8.53. The van der Waals surface area contributed by atoms with Crippen LogP contribution in [0.25, 0.3) is 0 Å². The molecule has 6 heteroatoms. The standard InChI is InChI=1S/C12H24O5P/c1-5-14-11(4,15-6-2)12(9-8-10-16-12)17-18(13)7-3/h5-10H2,1-4H3/q+1. The fraction of sp³-hybridized carbons (Fsp3) is 1.00.